The first-order chi connectivity index (χ1) is 14.7. The topological polar surface area (TPSA) is 40.5 Å². The van der Waals surface area contributed by atoms with Crippen LogP contribution in [-0.4, -0.2) is 31.1 Å². The number of aliphatic hydroxyl groups excluding tert-OH is 1. The van der Waals surface area contributed by atoms with Crippen molar-refractivity contribution < 1.29 is 9.90 Å². The Kier molecular flexibility index (Phi) is 4.97. The number of aliphatic hydroxyl groups is 1. The smallest absolute Gasteiger partial charge is 0.165 e. The van der Waals surface area contributed by atoms with Gasteiger partial charge in [0.15, 0.2) is 5.78 Å². The number of allylic oxidation sites excluding steroid dienone is 2. The lowest BCUT2D eigenvalue weighted by Gasteiger charge is -2.56. The van der Waals surface area contributed by atoms with Crippen LogP contribution in [0.5, 0.6) is 0 Å². The van der Waals surface area contributed by atoms with E-state index in [1.807, 2.05) is 14.1 Å². The number of ketones is 1. The predicted octanol–water partition coefficient (Wildman–Crippen LogP) is 5.64. The molecule has 4 aliphatic rings. The highest BCUT2D eigenvalue weighted by atomic mass is 16.3. The maximum atomic E-state index is 13.6. The van der Waals surface area contributed by atoms with Crippen molar-refractivity contribution in [2.45, 2.75) is 64.9 Å². The van der Waals surface area contributed by atoms with Crippen LogP contribution in [0.2, 0.25) is 0 Å². The van der Waals surface area contributed by atoms with E-state index in [2.05, 4.69) is 55.2 Å². The number of hydrogen-bond donors (Lipinski definition) is 1. The number of Topliss-reactive ketones (excluding diaryl/α,β-unsaturated/α-hetero) is 1. The van der Waals surface area contributed by atoms with E-state index < -0.39 is 0 Å². The zero-order valence-electron chi connectivity index (χ0n) is 19.5. The SMILES string of the molecule is CN(C)c1ccc(/C=C2\C[C@@H]3[C@@H]4CC=C5C[C@@H](O)CC[C@@]5(C)[C@H]4CC[C@@]3(C)C2=O)cc1. The molecule has 0 aliphatic heterocycles. The van der Waals surface area contributed by atoms with E-state index in [0.717, 1.165) is 56.1 Å². The molecule has 1 N–H and O–H groups in total. The fourth-order valence-electron chi connectivity index (χ4n) is 7.51. The molecule has 1 aromatic rings. The van der Waals surface area contributed by atoms with E-state index in [1.165, 1.54) is 11.3 Å². The van der Waals surface area contributed by atoms with Crippen LogP contribution in [0.3, 0.4) is 0 Å². The summed E-state index contributed by atoms with van der Waals surface area (Å²) in [6.07, 6.45) is 11.5. The number of benzene rings is 1. The van der Waals surface area contributed by atoms with Gasteiger partial charge in [-0.1, -0.05) is 37.6 Å². The van der Waals surface area contributed by atoms with E-state index in [-0.39, 0.29) is 16.9 Å². The predicted molar refractivity (Wildman–Crippen MR) is 127 cm³/mol. The summed E-state index contributed by atoms with van der Waals surface area (Å²) in [4.78, 5) is 15.7. The number of carbonyl (C=O) groups excluding carboxylic acids is 1. The molecule has 0 heterocycles. The van der Waals surface area contributed by atoms with E-state index in [1.54, 1.807) is 0 Å². The zero-order chi connectivity index (χ0) is 22.0. The molecule has 0 radical (unpaired) electrons. The van der Waals surface area contributed by atoms with Gasteiger partial charge in [-0.15, -0.1) is 0 Å². The first-order valence-electron chi connectivity index (χ1n) is 12.1. The minimum atomic E-state index is -0.202. The monoisotopic (exact) mass is 419 g/mol. The third-order valence-corrected chi connectivity index (χ3v) is 9.47. The fraction of sp³-hybridized carbons (Fsp3) is 0.607. The second kappa shape index (κ2) is 7.33. The number of hydrogen-bond acceptors (Lipinski definition) is 3. The van der Waals surface area contributed by atoms with Crippen LogP contribution in [0.1, 0.15) is 64.4 Å². The van der Waals surface area contributed by atoms with Gasteiger partial charge in [-0.2, -0.15) is 0 Å². The maximum Gasteiger partial charge on any atom is 0.165 e. The van der Waals surface area contributed by atoms with Crippen LogP contribution in [0, 0.1) is 28.6 Å². The molecule has 0 aromatic heterocycles. The first kappa shape index (κ1) is 21.0. The molecule has 5 rings (SSSR count). The molecule has 0 bridgehead atoms. The van der Waals surface area contributed by atoms with Crippen molar-refractivity contribution in [1.82, 2.24) is 0 Å². The molecule has 3 heteroatoms. The van der Waals surface area contributed by atoms with Crippen LogP contribution in [0.15, 0.2) is 41.5 Å². The molecule has 0 unspecified atom stereocenters. The van der Waals surface area contributed by atoms with Crippen molar-refractivity contribution in [1.29, 1.82) is 0 Å². The Balaban J connectivity index is 1.44. The number of nitrogens with zero attached hydrogens (tertiary/aromatic N) is 1. The Morgan fingerprint density at radius 3 is 2.42 bits per heavy atom. The van der Waals surface area contributed by atoms with Crippen molar-refractivity contribution in [3.63, 3.8) is 0 Å². The lowest BCUT2D eigenvalue weighted by molar-refractivity contribution is -0.130. The lowest BCUT2D eigenvalue weighted by atomic mass is 9.48. The van der Waals surface area contributed by atoms with Crippen molar-refractivity contribution >= 4 is 17.5 Å². The van der Waals surface area contributed by atoms with Gasteiger partial charge in [0, 0.05) is 25.2 Å². The Bertz CT molecular complexity index is 942. The molecule has 4 aliphatic carbocycles. The Labute approximate surface area is 187 Å². The average Bonchev–Trinajstić information content (AvgIpc) is 2.99. The normalized spacial score (nSPS) is 40.7. The summed E-state index contributed by atoms with van der Waals surface area (Å²) in [5.41, 5.74) is 4.86. The average molecular weight is 420 g/mol. The summed E-state index contributed by atoms with van der Waals surface area (Å²) < 4.78 is 0. The Morgan fingerprint density at radius 1 is 1.00 bits per heavy atom. The molecule has 3 fully saturated rings. The van der Waals surface area contributed by atoms with E-state index in [4.69, 9.17) is 0 Å². The lowest BCUT2D eigenvalue weighted by Crippen LogP contribution is -2.50. The summed E-state index contributed by atoms with van der Waals surface area (Å²) in [5.74, 6) is 2.09. The van der Waals surface area contributed by atoms with Gasteiger partial charge >= 0.3 is 0 Å². The van der Waals surface area contributed by atoms with Gasteiger partial charge in [-0.25, -0.2) is 0 Å². The molecule has 0 amide bonds. The molecule has 3 nitrogen and oxygen atoms in total. The number of rotatable bonds is 2. The second-order valence-electron chi connectivity index (χ2n) is 11.3. The zero-order valence-corrected chi connectivity index (χ0v) is 19.5. The highest BCUT2D eigenvalue weighted by Gasteiger charge is 2.59. The third-order valence-electron chi connectivity index (χ3n) is 9.47. The van der Waals surface area contributed by atoms with E-state index in [0.29, 0.717) is 23.5 Å². The largest absolute Gasteiger partial charge is 0.393 e. The van der Waals surface area contributed by atoms with Gasteiger partial charge in [0.25, 0.3) is 0 Å². The molecular formula is C28H37NO2. The minimum absolute atomic E-state index is 0.161. The third kappa shape index (κ3) is 3.23. The number of fused-ring (bicyclic) bond motifs is 5. The van der Waals surface area contributed by atoms with Gasteiger partial charge < -0.3 is 10.0 Å². The quantitative estimate of drug-likeness (QED) is 0.498. The first-order valence-corrected chi connectivity index (χ1v) is 12.1. The molecular weight excluding hydrogens is 382 g/mol. The van der Waals surface area contributed by atoms with Crippen molar-refractivity contribution in [3.8, 4) is 0 Å². The van der Waals surface area contributed by atoms with Crippen molar-refractivity contribution in [2.75, 3.05) is 19.0 Å². The Hall–Kier alpha value is -1.87. The fourth-order valence-corrected chi connectivity index (χ4v) is 7.51. The molecule has 0 spiro atoms. The van der Waals surface area contributed by atoms with Crippen LogP contribution in [0.4, 0.5) is 5.69 Å². The highest BCUT2D eigenvalue weighted by Crippen LogP contribution is 2.64. The van der Waals surface area contributed by atoms with Gasteiger partial charge in [-0.3, -0.25) is 4.79 Å². The summed E-state index contributed by atoms with van der Waals surface area (Å²) in [6.45, 7) is 4.70. The summed E-state index contributed by atoms with van der Waals surface area (Å²) >= 11 is 0. The standard InChI is InChI=1S/C28H37NO2/c1-27-13-11-22(30)17-20(27)7-10-23-24(27)12-14-28(2)25(23)16-19(26(28)31)15-18-5-8-21(9-6-18)29(3)4/h5-9,15,22-25,30H,10-14,16-17H2,1-4H3/b19-15+/t22-,23+,24-,25+,27+,28+/m0/s1. The van der Waals surface area contributed by atoms with Gasteiger partial charge in [0.05, 0.1) is 6.10 Å². The summed E-state index contributed by atoms with van der Waals surface area (Å²) in [7, 11) is 4.10. The second-order valence-corrected chi connectivity index (χ2v) is 11.3. The van der Waals surface area contributed by atoms with Gasteiger partial charge in [-0.05, 0) is 97.5 Å². The van der Waals surface area contributed by atoms with Crippen LogP contribution in [0.25, 0.3) is 6.08 Å². The molecule has 166 valence electrons. The number of carbonyl (C=O) groups is 1. The van der Waals surface area contributed by atoms with Gasteiger partial charge in [0.1, 0.15) is 0 Å². The van der Waals surface area contributed by atoms with Gasteiger partial charge in [0.2, 0.25) is 0 Å². The molecule has 1 aromatic carbocycles. The van der Waals surface area contributed by atoms with Crippen LogP contribution < -0.4 is 4.90 Å². The highest BCUT2D eigenvalue weighted by molar-refractivity contribution is 6.06. The van der Waals surface area contributed by atoms with Crippen molar-refractivity contribution in [2.24, 2.45) is 28.6 Å². The van der Waals surface area contributed by atoms with Crippen LogP contribution in [-0.2, 0) is 4.79 Å². The summed E-state index contributed by atoms with van der Waals surface area (Å²) in [6, 6.07) is 8.52. The van der Waals surface area contributed by atoms with E-state index in [9.17, 15) is 9.90 Å². The Morgan fingerprint density at radius 2 is 1.71 bits per heavy atom. The molecule has 6 atom stereocenters. The van der Waals surface area contributed by atoms with Crippen molar-refractivity contribution in [3.05, 3.63) is 47.1 Å². The number of anilines is 1. The summed E-state index contributed by atoms with van der Waals surface area (Å²) in [5, 5.41) is 10.2. The maximum absolute atomic E-state index is 13.6. The molecule has 31 heavy (non-hydrogen) atoms. The van der Waals surface area contributed by atoms with Crippen LogP contribution >= 0.6 is 0 Å². The minimum Gasteiger partial charge on any atom is -0.393 e. The molecule has 3 saturated carbocycles. The molecule has 0 saturated heterocycles. The van der Waals surface area contributed by atoms with E-state index >= 15 is 0 Å².